The van der Waals surface area contributed by atoms with E-state index in [9.17, 15) is 17.6 Å². The predicted octanol–water partition coefficient (Wildman–Crippen LogP) is 2.96. The highest BCUT2D eigenvalue weighted by molar-refractivity contribution is 7.90. The summed E-state index contributed by atoms with van der Waals surface area (Å²) in [5.74, 6) is -1.74. The van der Waals surface area contributed by atoms with Gasteiger partial charge in [-0.25, -0.2) is 23.7 Å². The van der Waals surface area contributed by atoms with Crippen LogP contribution >= 0.6 is 0 Å². The fourth-order valence-electron chi connectivity index (χ4n) is 3.31. The van der Waals surface area contributed by atoms with E-state index in [1.165, 1.54) is 43.9 Å². The zero-order valence-electron chi connectivity index (χ0n) is 18.6. The van der Waals surface area contributed by atoms with Gasteiger partial charge in [-0.15, -0.1) is 0 Å². The van der Waals surface area contributed by atoms with Crippen LogP contribution in [0.5, 0.6) is 6.01 Å². The number of hydrogen-bond donors (Lipinski definition) is 2. The van der Waals surface area contributed by atoms with Crippen LogP contribution in [0.3, 0.4) is 0 Å². The smallest absolute Gasteiger partial charge is 0.316 e. The first-order valence-electron chi connectivity index (χ1n) is 10.2. The summed E-state index contributed by atoms with van der Waals surface area (Å²) in [6.07, 6.45) is 6.05. The number of methoxy groups -OCH3 is 1. The molecule has 0 aliphatic carbocycles. The Morgan fingerprint density at radius 2 is 1.86 bits per heavy atom. The Labute approximate surface area is 199 Å². The van der Waals surface area contributed by atoms with Crippen molar-refractivity contribution in [2.24, 2.45) is 0 Å². The van der Waals surface area contributed by atoms with Gasteiger partial charge in [0.05, 0.1) is 18.4 Å². The van der Waals surface area contributed by atoms with Crippen LogP contribution in [0, 0.1) is 5.82 Å². The van der Waals surface area contributed by atoms with Gasteiger partial charge in [-0.1, -0.05) is 6.07 Å². The fraction of sp³-hybridized carbons (Fsp3) is 0.182. The highest BCUT2D eigenvalue weighted by Crippen LogP contribution is 2.28. The molecule has 3 aromatic heterocycles. The summed E-state index contributed by atoms with van der Waals surface area (Å²) in [7, 11) is -1.62. The molecule has 4 rings (SSSR count). The third kappa shape index (κ3) is 4.81. The third-order valence-electron chi connectivity index (χ3n) is 5.21. The lowest BCUT2D eigenvalue weighted by molar-refractivity contribution is 0.103. The minimum absolute atomic E-state index is 0.136. The molecule has 0 saturated carbocycles. The van der Waals surface area contributed by atoms with Crippen LogP contribution in [0.2, 0.25) is 0 Å². The van der Waals surface area contributed by atoms with Gasteiger partial charge in [0, 0.05) is 60.5 Å². The lowest BCUT2D eigenvalue weighted by Gasteiger charge is -2.17. The quantitative estimate of drug-likeness (QED) is 0.337. The molecule has 4 aromatic rings. The van der Waals surface area contributed by atoms with Gasteiger partial charge in [-0.05, 0) is 18.2 Å². The summed E-state index contributed by atoms with van der Waals surface area (Å²) in [6.45, 7) is -1.31. The van der Waals surface area contributed by atoms with E-state index in [1.54, 1.807) is 12.3 Å². The number of fused-ring (bicyclic) bond motifs is 1. The second-order valence-electron chi connectivity index (χ2n) is 7.39. The van der Waals surface area contributed by atoms with Crippen molar-refractivity contribution >= 4 is 32.7 Å². The Balaban J connectivity index is 1.69. The molecule has 0 fully saturated rings. The van der Waals surface area contributed by atoms with E-state index in [4.69, 9.17) is 4.74 Å². The number of H-pyrrole nitrogens is 1. The molecule has 0 bridgehead atoms. The Morgan fingerprint density at radius 1 is 1.14 bits per heavy atom. The number of nitrogens with one attached hydrogen (secondary N) is 2. The first kappa shape index (κ1) is 24.2. The molecule has 182 valence electrons. The standard InChI is InChI=1S/C22H20F2N6O4S/c1-30(7-6-23)35(32,33)29-18-5-3-4-15(19(18)24)20(31)17-12-26-21-16(17)8-13(9-25-21)14-10-27-22(34-2)28-11-14/h3-5,8-12,29H,6-7H2,1-2H3,(H,25,26). The van der Waals surface area contributed by atoms with Gasteiger partial charge in [0.2, 0.25) is 0 Å². The summed E-state index contributed by atoms with van der Waals surface area (Å²) in [5, 5.41) is 0.427. The number of aromatic amines is 1. The molecule has 0 saturated heterocycles. The lowest BCUT2D eigenvalue weighted by Crippen LogP contribution is -2.34. The lowest BCUT2D eigenvalue weighted by atomic mass is 10.0. The maximum Gasteiger partial charge on any atom is 0.316 e. The SMILES string of the molecule is COc1ncc(-c2cnc3[nH]cc(C(=O)c4cccc(NS(=O)(=O)N(C)CCF)c4F)c3c2)cn1. The minimum atomic E-state index is -4.22. The Bertz CT molecular complexity index is 1490. The Hall–Kier alpha value is -3.97. The number of alkyl halides is 1. The zero-order chi connectivity index (χ0) is 25.2. The van der Waals surface area contributed by atoms with Gasteiger partial charge in [0.15, 0.2) is 11.6 Å². The second kappa shape index (κ2) is 9.72. The van der Waals surface area contributed by atoms with Gasteiger partial charge in [-0.2, -0.15) is 12.7 Å². The summed E-state index contributed by atoms with van der Waals surface area (Å²) < 4.78 is 60.1. The van der Waals surface area contributed by atoms with E-state index in [1.807, 2.05) is 4.72 Å². The molecule has 1 aromatic carbocycles. The predicted molar refractivity (Wildman–Crippen MR) is 125 cm³/mol. The van der Waals surface area contributed by atoms with E-state index < -0.39 is 40.7 Å². The third-order valence-corrected chi connectivity index (χ3v) is 6.69. The Morgan fingerprint density at radius 3 is 2.54 bits per heavy atom. The molecule has 0 radical (unpaired) electrons. The number of nitrogens with zero attached hydrogens (tertiary/aromatic N) is 4. The van der Waals surface area contributed by atoms with Crippen LogP contribution in [0.25, 0.3) is 22.2 Å². The molecule has 0 atom stereocenters. The molecule has 0 aliphatic rings. The van der Waals surface area contributed by atoms with Gasteiger partial charge in [0.1, 0.15) is 12.3 Å². The van der Waals surface area contributed by atoms with E-state index >= 15 is 4.39 Å². The van der Waals surface area contributed by atoms with Crippen molar-refractivity contribution in [3.05, 3.63) is 66.0 Å². The molecule has 35 heavy (non-hydrogen) atoms. The molecule has 0 amide bonds. The van der Waals surface area contributed by atoms with Crippen LogP contribution in [0.1, 0.15) is 15.9 Å². The van der Waals surface area contributed by atoms with E-state index in [0.29, 0.717) is 26.5 Å². The molecule has 0 spiro atoms. The average Bonchev–Trinajstić information content (AvgIpc) is 3.28. The fourth-order valence-corrected chi connectivity index (χ4v) is 4.21. The number of benzene rings is 1. The van der Waals surface area contributed by atoms with Crippen molar-refractivity contribution in [1.29, 1.82) is 0 Å². The van der Waals surface area contributed by atoms with Crippen LogP contribution in [0.15, 0.2) is 49.1 Å². The van der Waals surface area contributed by atoms with Crippen LogP contribution in [-0.4, -0.2) is 65.8 Å². The summed E-state index contributed by atoms with van der Waals surface area (Å²) in [4.78, 5) is 28.6. The van der Waals surface area contributed by atoms with Crippen molar-refractivity contribution in [3.63, 3.8) is 0 Å². The van der Waals surface area contributed by atoms with Crippen LogP contribution < -0.4 is 9.46 Å². The van der Waals surface area contributed by atoms with Gasteiger partial charge < -0.3 is 9.72 Å². The monoisotopic (exact) mass is 502 g/mol. The van der Waals surface area contributed by atoms with Crippen molar-refractivity contribution in [3.8, 4) is 17.1 Å². The number of rotatable bonds is 9. The molecule has 10 nitrogen and oxygen atoms in total. The number of halogens is 2. The molecular weight excluding hydrogens is 482 g/mol. The number of ketones is 1. The van der Waals surface area contributed by atoms with Gasteiger partial charge in [-0.3, -0.25) is 9.52 Å². The van der Waals surface area contributed by atoms with Crippen molar-refractivity contribution in [2.45, 2.75) is 0 Å². The topological polar surface area (TPSA) is 130 Å². The van der Waals surface area contributed by atoms with E-state index in [0.717, 1.165) is 7.05 Å². The first-order chi connectivity index (χ1) is 16.7. The van der Waals surface area contributed by atoms with Crippen LogP contribution in [-0.2, 0) is 10.2 Å². The summed E-state index contributed by atoms with van der Waals surface area (Å²) in [5.41, 5.74) is 0.994. The number of ether oxygens (including phenoxy) is 1. The van der Waals surface area contributed by atoms with Crippen molar-refractivity contribution < 1.29 is 26.7 Å². The number of aromatic nitrogens is 4. The van der Waals surface area contributed by atoms with Gasteiger partial charge >= 0.3 is 16.2 Å². The minimum Gasteiger partial charge on any atom is -0.467 e. The van der Waals surface area contributed by atoms with Crippen molar-refractivity contribution in [1.82, 2.24) is 24.2 Å². The van der Waals surface area contributed by atoms with E-state index in [-0.39, 0.29) is 17.1 Å². The zero-order valence-corrected chi connectivity index (χ0v) is 19.4. The normalized spacial score (nSPS) is 11.7. The number of pyridine rings is 1. The Kier molecular flexibility index (Phi) is 6.71. The number of carbonyl (C=O) groups excluding carboxylic acids is 1. The maximum atomic E-state index is 15.2. The first-order valence-corrected chi connectivity index (χ1v) is 11.7. The van der Waals surface area contributed by atoms with E-state index in [2.05, 4.69) is 19.9 Å². The second-order valence-corrected chi connectivity index (χ2v) is 9.17. The number of anilines is 1. The molecule has 0 aliphatic heterocycles. The largest absolute Gasteiger partial charge is 0.467 e. The highest BCUT2D eigenvalue weighted by atomic mass is 32.2. The van der Waals surface area contributed by atoms with Crippen LogP contribution in [0.4, 0.5) is 14.5 Å². The molecule has 0 unspecified atom stereocenters. The van der Waals surface area contributed by atoms with Crippen molar-refractivity contribution in [2.75, 3.05) is 32.1 Å². The number of hydrogen-bond acceptors (Lipinski definition) is 7. The molecule has 13 heteroatoms. The maximum absolute atomic E-state index is 15.2. The average molecular weight is 503 g/mol. The summed E-state index contributed by atoms with van der Waals surface area (Å²) >= 11 is 0. The summed E-state index contributed by atoms with van der Waals surface area (Å²) in [6, 6.07) is 5.64. The molecule has 2 N–H and O–H groups in total. The molecule has 3 heterocycles. The highest BCUT2D eigenvalue weighted by Gasteiger charge is 2.24. The molecular formula is C22H20F2N6O4S. The number of carbonyl (C=O) groups is 1. The van der Waals surface area contributed by atoms with Gasteiger partial charge in [0.25, 0.3) is 0 Å².